The number of nitrogens with zero attached hydrogens (tertiary/aromatic N) is 4. The number of ether oxygens (including phenoxy) is 1. The predicted molar refractivity (Wildman–Crippen MR) is 133 cm³/mol. The molecule has 37 heavy (non-hydrogen) atoms. The van der Waals surface area contributed by atoms with Crippen LogP contribution in [0.5, 0.6) is 0 Å². The lowest BCUT2D eigenvalue weighted by Gasteiger charge is -2.39. The van der Waals surface area contributed by atoms with Gasteiger partial charge in [-0.05, 0) is 49.6 Å². The highest BCUT2D eigenvalue weighted by Crippen LogP contribution is 2.48. The summed E-state index contributed by atoms with van der Waals surface area (Å²) in [4.78, 5) is 14.3. The Morgan fingerprint density at radius 1 is 1.08 bits per heavy atom. The molecule has 3 heterocycles. The van der Waals surface area contributed by atoms with Crippen LogP contribution in [0.4, 0.5) is 19.3 Å². The fraction of sp³-hybridized carbons (Fsp3) is 0.385. The number of aromatic nitrogens is 2. The molecule has 0 saturated carbocycles. The van der Waals surface area contributed by atoms with Gasteiger partial charge in [-0.1, -0.05) is 30.3 Å². The van der Waals surface area contributed by atoms with Crippen LogP contribution < -0.4 is 4.31 Å². The second-order valence-electron chi connectivity index (χ2n) is 9.38. The summed E-state index contributed by atoms with van der Waals surface area (Å²) in [5.74, 6) is 0. The van der Waals surface area contributed by atoms with Crippen molar-refractivity contribution in [3.05, 3.63) is 77.6 Å². The van der Waals surface area contributed by atoms with Crippen LogP contribution in [0, 0.1) is 0 Å². The number of piperidine rings is 1. The highest BCUT2D eigenvalue weighted by molar-refractivity contribution is 7.92. The number of aryl methyl sites for hydroxylation is 1. The van der Waals surface area contributed by atoms with Gasteiger partial charge in [0.15, 0.2) is 0 Å². The van der Waals surface area contributed by atoms with Gasteiger partial charge in [0.1, 0.15) is 12.3 Å². The second-order valence-corrected chi connectivity index (χ2v) is 11.2. The number of amides is 1. The van der Waals surface area contributed by atoms with E-state index in [1.165, 1.54) is 16.4 Å². The number of rotatable bonds is 6. The molecule has 1 aromatic heterocycles. The summed E-state index contributed by atoms with van der Waals surface area (Å²) in [6.45, 7) is 3.87. The van der Waals surface area contributed by atoms with E-state index in [1.54, 1.807) is 21.7 Å². The van der Waals surface area contributed by atoms with Gasteiger partial charge < -0.3 is 9.64 Å². The molecular formula is C26H28F2N4O4S. The van der Waals surface area contributed by atoms with Gasteiger partial charge in [-0.25, -0.2) is 22.0 Å². The highest BCUT2D eigenvalue weighted by atomic mass is 32.2. The molecule has 8 nitrogen and oxygen atoms in total. The Balaban J connectivity index is 1.30. The summed E-state index contributed by atoms with van der Waals surface area (Å²) in [6, 6.07) is 13.9. The van der Waals surface area contributed by atoms with E-state index in [0.29, 0.717) is 37.3 Å². The molecular weight excluding hydrogens is 502 g/mol. The van der Waals surface area contributed by atoms with Crippen molar-refractivity contribution in [1.29, 1.82) is 0 Å². The Morgan fingerprint density at radius 3 is 2.43 bits per heavy atom. The van der Waals surface area contributed by atoms with Gasteiger partial charge in [-0.15, -0.1) is 0 Å². The standard InChI is InChI=1S/C26H28F2N4O4S/c1-2-31-14-11-20(29-31)17-36-25(33)30-15-12-26(13-16-30)18-32(23-6-4-3-5-22(23)26)37(34,35)21-9-7-19(8-10-21)24(27)28/h3-11,14,24H,2,12-13,15-18H2,1H3. The second kappa shape index (κ2) is 9.77. The van der Waals surface area contributed by atoms with E-state index in [0.717, 1.165) is 24.2 Å². The maximum atomic E-state index is 13.6. The van der Waals surface area contributed by atoms with E-state index >= 15 is 0 Å². The largest absolute Gasteiger partial charge is 0.443 e. The fourth-order valence-corrected chi connectivity index (χ4v) is 6.71. The highest BCUT2D eigenvalue weighted by Gasteiger charge is 2.48. The minimum atomic E-state index is -3.97. The SMILES string of the molecule is CCn1ccc(COC(=O)N2CCC3(CC2)CN(S(=O)(=O)c2ccc(C(F)F)cc2)c2ccccc23)n1. The molecule has 0 aliphatic carbocycles. The van der Waals surface area contributed by atoms with Crippen molar-refractivity contribution in [2.75, 3.05) is 23.9 Å². The van der Waals surface area contributed by atoms with Gasteiger partial charge in [-0.3, -0.25) is 8.99 Å². The zero-order valence-corrected chi connectivity index (χ0v) is 21.2. The molecule has 2 aliphatic heterocycles. The number of hydrogen-bond acceptors (Lipinski definition) is 5. The number of alkyl halides is 2. The third-order valence-electron chi connectivity index (χ3n) is 7.25. The van der Waals surface area contributed by atoms with Crippen molar-refractivity contribution >= 4 is 21.8 Å². The average molecular weight is 531 g/mol. The normalized spacial score (nSPS) is 16.9. The van der Waals surface area contributed by atoms with Crippen molar-refractivity contribution in [2.24, 2.45) is 0 Å². The van der Waals surface area contributed by atoms with Gasteiger partial charge in [-0.2, -0.15) is 5.10 Å². The van der Waals surface area contributed by atoms with E-state index < -0.39 is 28.0 Å². The number of carbonyl (C=O) groups is 1. The number of likely N-dealkylation sites (tertiary alicyclic amines) is 1. The van der Waals surface area contributed by atoms with E-state index in [4.69, 9.17) is 4.74 Å². The number of para-hydroxylation sites is 1. The number of halogens is 2. The van der Waals surface area contributed by atoms with Gasteiger partial charge in [0.25, 0.3) is 16.4 Å². The zero-order chi connectivity index (χ0) is 26.2. The molecule has 1 spiro atoms. The lowest BCUT2D eigenvalue weighted by atomic mass is 9.74. The number of sulfonamides is 1. The third kappa shape index (κ3) is 4.68. The van der Waals surface area contributed by atoms with Gasteiger partial charge >= 0.3 is 6.09 Å². The number of hydrogen-bond donors (Lipinski definition) is 0. The first kappa shape index (κ1) is 25.2. The average Bonchev–Trinajstić information content (AvgIpc) is 3.51. The first-order chi connectivity index (χ1) is 17.7. The van der Waals surface area contributed by atoms with E-state index in [2.05, 4.69) is 5.10 Å². The zero-order valence-electron chi connectivity index (χ0n) is 20.4. The molecule has 2 aromatic carbocycles. The summed E-state index contributed by atoms with van der Waals surface area (Å²) in [7, 11) is -3.97. The fourth-order valence-electron chi connectivity index (χ4n) is 5.14. The number of benzene rings is 2. The Morgan fingerprint density at radius 2 is 1.78 bits per heavy atom. The smallest absolute Gasteiger partial charge is 0.410 e. The Bertz CT molecular complexity index is 1380. The van der Waals surface area contributed by atoms with E-state index in [9.17, 15) is 22.0 Å². The molecule has 3 aromatic rings. The van der Waals surface area contributed by atoms with Crippen LogP contribution in [-0.2, 0) is 33.3 Å². The number of fused-ring (bicyclic) bond motifs is 2. The molecule has 1 fully saturated rings. The quantitative estimate of drug-likeness (QED) is 0.461. The summed E-state index contributed by atoms with van der Waals surface area (Å²) in [5, 5.41) is 4.32. The number of carbonyl (C=O) groups excluding carboxylic acids is 1. The first-order valence-corrected chi connectivity index (χ1v) is 13.6. The summed E-state index contributed by atoms with van der Waals surface area (Å²) < 4.78 is 61.7. The van der Waals surface area contributed by atoms with E-state index in [-0.39, 0.29) is 23.6 Å². The summed E-state index contributed by atoms with van der Waals surface area (Å²) in [5.41, 5.74) is 1.50. The van der Waals surface area contributed by atoms with E-state index in [1.807, 2.05) is 31.3 Å². The molecule has 0 N–H and O–H groups in total. The van der Waals surface area contributed by atoms with Crippen LogP contribution in [-0.4, -0.2) is 48.8 Å². The first-order valence-electron chi connectivity index (χ1n) is 12.2. The summed E-state index contributed by atoms with van der Waals surface area (Å²) >= 11 is 0. The minimum absolute atomic E-state index is 0.0321. The Hall–Kier alpha value is -3.47. The van der Waals surface area contributed by atoms with Crippen molar-refractivity contribution in [1.82, 2.24) is 14.7 Å². The maximum absolute atomic E-state index is 13.6. The molecule has 11 heteroatoms. The molecule has 196 valence electrons. The van der Waals surface area contributed by atoms with Crippen LogP contribution >= 0.6 is 0 Å². The maximum Gasteiger partial charge on any atom is 0.410 e. The Kier molecular flexibility index (Phi) is 6.65. The lowest BCUT2D eigenvalue weighted by molar-refractivity contribution is 0.0781. The van der Waals surface area contributed by atoms with Crippen molar-refractivity contribution < 1.29 is 26.7 Å². The van der Waals surface area contributed by atoms with Gasteiger partial charge in [0.05, 0.1) is 10.6 Å². The lowest BCUT2D eigenvalue weighted by Crippen LogP contribution is -2.47. The molecule has 0 unspecified atom stereocenters. The van der Waals surface area contributed by atoms with Gasteiger partial charge in [0.2, 0.25) is 0 Å². The molecule has 0 radical (unpaired) electrons. The molecule has 1 saturated heterocycles. The molecule has 0 bridgehead atoms. The van der Waals surface area contributed by atoms with Crippen LogP contribution in [0.3, 0.4) is 0 Å². The molecule has 1 amide bonds. The Labute approximate surface area is 214 Å². The van der Waals surface area contributed by atoms with Crippen molar-refractivity contribution in [3.8, 4) is 0 Å². The summed E-state index contributed by atoms with van der Waals surface area (Å²) in [6.07, 6.45) is -0.119. The monoisotopic (exact) mass is 530 g/mol. The van der Waals surface area contributed by atoms with Crippen LogP contribution in [0.15, 0.2) is 65.7 Å². The molecule has 0 atom stereocenters. The number of anilines is 1. The van der Waals surface area contributed by atoms with Gasteiger partial charge in [0, 0.05) is 43.4 Å². The molecule has 5 rings (SSSR count). The van der Waals surface area contributed by atoms with Crippen molar-refractivity contribution in [3.63, 3.8) is 0 Å². The predicted octanol–water partition coefficient (Wildman–Crippen LogP) is 4.72. The minimum Gasteiger partial charge on any atom is -0.443 e. The van der Waals surface area contributed by atoms with Crippen LogP contribution in [0.25, 0.3) is 0 Å². The van der Waals surface area contributed by atoms with Crippen molar-refractivity contribution in [2.45, 2.75) is 49.7 Å². The topological polar surface area (TPSA) is 84.7 Å². The van der Waals surface area contributed by atoms with Crippen LogP contribution in [0.2, 0.25) is 0 Å². The third-order valence-corrected chi connectivity index (χ3v) is 9.03. The van der Waals surface area contributed by atoms with Crippen LogP contribution in [0.1, 0.15) is 43.0 Å². The molecule has 2 aliphatic rings.